The van der Waals surface area contributed by atoms with E-state index >= 15 is 0 Å². The van der Waals surface area contributed by atoms with Crippen LogP contribution in [0.15, 0.2) is 97.5 Å². The number of nitrogens with one attached hydrogen (secondary N) is 3. The average Bonchev–Trinajstić information content (AvgIpc) is 3.95. The van der Waals surface area contributed by atoms with Crippen LogP contribution in [-0.4, -0.2) is 63.2 Å². The number of piperidine rings is 1. The van der Waals surface area contributed by atoms with Crippen molar-refractivity contribution in [2.75, 3.05) is 29.9 Å². The maximum absolute atomic E-state index is 14.6. The van der Waals surface area contributed by atoms with Crippen molar-refractivity contribution in [3.05, 3.63) is 119 Å². The molecule has 2 aliphatic rings. The number of carbonyl (C=O) groups is 2. The first kappa shape index (κ1) is 34.9. The predicted molar refractivity (Wildman–Crippen MR) is 210 cm³/mol. The van der Waals surface area contributed by atoms with E-state index < -0.39 is 0 Å². The van der Waals surface area contributed by atoms with Crippen LogP contribution in [0.1, 0.15) is 54.7 Å². The third-order valence-electron chi connectivity index (χ3n) is 10.2. The number of ether oxygens (including phenoxy) is 1. The van der Waals surface area contributed by atoms with Crippen LogP contribution >= 0.6 is 23.2 Å². The number of hydrogen-bond donors (Lipinski definition) is 3. The van der Waals surface area contributed by atoms with Crippen molar-refractivity contribution >= 4 is 57.4 Å². The van der Waals surface area contributed by atoms with Crippen molar-refractivity contribution in [2.24, 2.45) is 0 Å². The Labute approximate surface area is 317 Å². The molecule has 0 saturated carbocycles. The smallest absolute Gasteiger partial charge is 0.272 e. The van der Waals surface area contributed by atoms with Crippen molar-refractivity contribution in [1.82, 2.24) is 24.8 Å². The fourth-order valence-electron chi connectivity index (χ4n) is 7.44. The summed E-state index contributed by atoms with van der Waals surface area (Å²) in [5, 5.41) is 8.40. The standard InChI is InChI=1S/C41H39Cl2N7O3/c1-25(26-11-13-28(42)14-12-26)50-24-45-36(27-7-3-2-4-8-27)38(50)35-31-16-15-29(43)23-33(31)47-37(35)41(52)48-32-9-5-19-44-39(32)49-20-17-30(18-21-49)46-40(51)34-10-6-22-53-34/h2-5,7-9,11-16,19,23-25,30,34,47H,6,10,17-18,20-22H2,1H3,(H,46,51)(H,48,52)/t25-,34?/m0/s1. The third kappa shape index (κ3) is 7.14. The molecule has 0 spiro atoms. The third-order valence-corrected chi connectivity index (χ3v) is 10.7. The molecule has 5 heterocycles. The Kier molecular flexibility index (Phi) is 9.92. The number of carbonyl (C=O) groups excluding carboxylic acids is 2. The molecule has 2 aliphatic heterocycles. The number of rotatable bonds is 9. The summed E-state index contributed by atoms with van der Waals surface area (Å²) in [6, 6.07) is 26.9. The summed E-state index contributed by atoms with van der Waals surface area (Å²) in [6.45, 7) is 4.09. The molecule has 2 fully saturated rings. The number of benzene rings is 3. The molecule has 270 valence electrons. The van der Waals surface area contributed by atoms with Gasteiger partial charge in [-0.3, -0.25) is 9.59 Å². The molecule has 6 aromatic rings. The second-order valence-corrected chi connectivity index (χ2v) is 14.5. The highest BCUT2D eigenvalue weighted by Crippen LogP contribution is 2.42. The molecule has 8 rings (SSSR count). The van der Waals surface area contributed by atoms with Gasteiger partial charge in [0.05, 0.1) is 29.4 Å². The molecular formula is C41H39Cl2N7O3. The van der Waals surface area contributed by atoms with E-state index in [2.05, 4.69) is 32.0 Å². The minimum atomic E-state index is -0.348. The first-order valence-corrected chi connectivity index (χ1v) is 18.7. The van der Waals surface area contributed by atoms with Crippen LogP contribution in [-0.2, 0) is 9.53 Å². The zero-order valence-corrected chi connectivity index (χ0v) is 30.7. The first-order valence-electron chi connectivity index (χ1n) is 18.0. The highest BCUT2D eigenvalue weighted by atomic mass is 35.5. The summed E-state index contributed by atoms with van der Waals surface area (Å²) in [4.78, 5) is 42.5. The predicted octanol–water partition coefficient (Wildman–Crippen LogP) is 8.53. The summed E-state index contributed by atoms with van der Waals surface area (Å²) >= 11 is 12.8. The van der Waals surface area contributed by atoms with Gasteiger partial charge in [-0.2, -0.15) is 0 Å². The van der Waals surface area contributed by atoms with Crippen molar-refractivity contribution in [2.45, 2.75) is 50.8 Å². The van der Waals surface area contributed by atoms with Gasteiger partial charge in [0.1, 0.15) is 11.8 Å². The summed E-state index contributed by atoms with van der Waals surface area (Å²) in [5.41, 5.74) is 5.88. The lowest BCUT2D eigenvalue weighted by molar-refractivity contribution is -0.130. The minimum Gasteiger partial charge on any atom is -0.368 e. The Hall–Kier alpha value is -5.16. The largest absolute Gasteiger partial charge is 0.368 e. The maximum atomic E-state index is 14.6. The topological polar surface area (TPSA) is 117 Å². The van der Waals surface area contributed by atoms with Crippen LogP contribution in [0.25, 0.3) is 33.4 Å². The van der Waals surface area contributed by atoms with E-state index in [1.807, 2.05) is 91.3 Å². The van der Waals surface area contributed by atoms with E-state index in [9.17, 15) is 9.59 Å². The number of halogens is 2. The Morgan fingerprint density at radius 2 is 1.70 bits per heavy atom. The number of nitrogens with zero attached hydrogens (tertiary/aromatic N) is 4. The Morgan fingerprint density at radius 1 is 0.925 bits per heavy atom. The lowest BCUT2D eigenvalue weighted by atomic mass is 9.99. The van der Waals surface area contributed by atoms with Gasteiger partial charge in [0.25, 0.3) is 5.91 Å². The molecule has 1 unspecified atom stereocenters. The zero-order valence-electron chi connectivity index (χ0n) is 29.2. The number of anilines is 2. The molecule has 3 aromatic carbocycles. The monoisotopic (exact) mass is 747 g/mol. The number of H-pyrrole nitrogens is 1. The minimum absolute atomic E-state index is 0.0264. The zero-order chi connectivity index (χ0) is 36.5. The van der Waals surface area contributed by atoms with Gasteiger partial charge in [0.15, 0.2) is 5.82 Å². The first-order chi connectivity index (χ1) is 25.8. The normalized spacial score (nSPS) is 16.9. The van der Waals surface area contributed by atoms with Gasteiger partial charge < -0.3 is 29.8 Å². The van der Waals surface area contributed by atoms with E-state index in [0.717, 1.165) is 59.1 Å². The van der Waals surface area contributed by atoms with Crippen LogP contribution in [0.2, 0.25) is 10.0 Å². The second kappa shape index (κ2) is 15.1. The van der Waals surface area contributed by atoms with E-state index in [-0.39, 0.29) is 30.0 Å². The van der Waals surface area contributed by atoms with E-state index in [4.69, 9.17) is 37.9 Å². The maximum Gasteiger partial charge on any atom is 0.272 e. The highest BCUT2D eigenvalue weighted by molar-refractivity contribution is 6.31. The number of aromatic amines is 1. The molecule has 0 radical (unpaired) electrons. The number of fused-ring (bicyclic) bond motifs is 1. The number of aromatic nitrogens is 4. The Bertz CT molecular complexity index is 2260. The van der Waals surface area contributed by atoms with E-state index in [0.29, 0.717) is 52.5 Å². The molecule has 2 amide bonds. The number of hydrogen-bond acceptors (Lipinski definition) is 6. The van der Waals surface area contributed by atoms with Crippen molar-refractivity contribution < 1.29 is 14.3 Å². The molecule has 53 heavy (non-hydrogen) atoms. The SMILES string of the molecule is C[C@@H](c1ccc(Cl)cc1)n1cnc(-c2ccccc2)c1-c1c(C(=O)Nc2cccnc2N2CCC(NC(=O)C3CCCO3)CC2)[nH]c2cc(Cl)ccc12. The summed E-state index contributed by atoms with van der Waals surface area (Å²) in [6.07, 6.45) is 6.41. The van der Waals surface area contributed by atoms with Crippen LogP contribution < -0.4 is 15.5 Å². The number of amides is 2. The lowest BCUT2D eigenvalue weighted by Gasteiger charge is -2.34. The van der Waals surface area contributed by atoms with Crippen LogP contribution in [0.4, 0.5) is 11.5 Å². The number of pyridine rings is 1. The van der Waals surface area contributed by atoms with Gasteiger partial charge in [-0.1, -0.05) is 71.7 Å². The lowest BCUT2D eigenvalue weighted by Crippen LogP contribution is -2.47. The molecule has 10 nitrogen and oxygen atoms in total. The molecule has 3 N–H and O–H groups in total. The van der Waals surface area contributed by atoms with Crippen molar-refractivity contribution in [1.29, 1.82) is 0 Å². The Balaban J connectivity index is 1.14. The fourth-order valence-corrected chi connectivity index (χ4v) is 7.74. The van der Waals surface area contributed by atoms with Crippen LogP contribution in [0.5, 0.6) is 0 Å². The van der Waals surface area contributed by atoms with E-state index in [1.165, 1.54) is 0 Å². The van der Waals surface area contributed by atoms with Crippen LogP contribution in [0.3, 0.4) is 0 Å². The fraction of sp³-hybridized carbons (Fsp3) is 0.268. The quantitative estimate of drug-likeness (QED) is 0.137. The molecule has 0 bridgehead atoms. The molecule has 12 heteroatoms. The second-order valence-electron chi connectivity index (χ2n) is 13.6. The molecule has 3 aromatic heterocycles. The Morgan fingerprint density at radius 3 is 2.45 bits per heavy atom. The van der Waals surface area contributed by atoms with Crippen LogP contribution in [0, 0.1) is 0 Å². The highest BCUT2D eigenvalue weighted by Gasteiger charge is 2.30. The van der Waals surface area contributed by atoms with Gasteiger partial charge in [0, 0.05) is 64.0 Å². The summed E-state index contributed by atoms with van der Waals surface area (Å²) < 4.78 is 7.68. The average molecular weight is 749 g/mol. The van der Waals surface area contributed by atoms with Gasteiger partial charge in [-0.15, -0.1) is 0 Å². The molecule has 2 saturated heterocycles. The van der Waals surface area contributed by atoms with Crippen molar-refractivity contribution in [3.8, 4) is 22.5 Å². The number of imidazole rings is 1. The molecule has 0 aliphatic carbocycles. The van der Waals surface area contributed by atoms with Crippen molar-refractivity contribution in [3.63, 3.8) is 0 Å². The summed E-state index contributed by atoms with van der Waals surface area (Å²) in [5.74, 6) is 0.324. The van der Waals surface area contributed by atoms with Gasteiger partial charge in [-0.05, 0) is 74.6 Å². The molecular weight excluding hydrogens is 709 g/mol. The van der Waals surface area contributed by atoms with Gasteiger partial charge in [-0.25, -0.2) is 9.97 Å². The van der Waals surface area contributed by atoms with Gasteiger partial charge >= 0.3 is 0 Å². The summed E-state index contributed by atoms with van der Waals surface area (Å²) in [7, 11) is 0. The van der Waals surface area contributed by atoms with Gasteiger partial charge in [0.2, 0.25) is 5.91 Å². The van der Waals surface area contributed by atoms with E-state index in [1.54, 1.807) is 6.20 Å². The molecule has 2 atom stereocenters.